The lowest BCUT2D eigenvalue weighted by molar-refractivity contribution is 0.258. The van der Waals surface area contributed by atoms with Crippen LogP contribution in [0, 0.1) is 34.6 Å². The Morgan fingerprint density at radius 1 is 0.333 bits per heavy atom. The van der Waals surface area contributed by atoms with E-state index in [-0.39, 0.29) is 19.8 Å². The number of benzene rings is 5. The van der Waals surface area contributed by atoms with Crippen LogP contribution in [0.5, 0.6) is 28.7 Å². The van der Waals surface area contributed by atoms with Gasteiger partial charge in [0.15, 0.2) is 0 Å². The van der Waals surface area contributed by atoms with Crippen molar-refractivity contribution in [2.24, 2.45) is 18.1 Å². The van der Waals surface area contributed by atoms with E-state index in [1.54, 1.807) is 0 Å². The van der Waals surface area contributed by atoms with Crippen molar-refractivity contribution in [1.29, 1.82) is 0 Å². The van der Waals surface area contributed by atoms with E-state index in [1.165, 1.54) is 0 Å². The van der Waals surface area contributed by atoms with Gasteiger partial charge in [-0.1, -0.05) is 65.2 Å². The quantitative estimate of drug-likeness (QED) is 0.0899. The minimum absolute atomic E-state index is 0.138. The Labute approximate surface area is 336 Å². The van der Waals surface area contributed by atoms with Crippen molar-refractivity contribution < 1.29 is 36.2 Å². The van der Waals surface area contributed by atoms with Crippen molar-refractivity contribution in [3.8, 4) is 28.7 Å². The maximum Gasteiger partial charge on any atom is 0.460 e. The van der Waals surface area contributed by atoms with E-state index >= 15 is 0 Å². The van der Waals surface area contributed by atoms with E-state index in [2.05, 4.69) is 0 Å². The molecule has 0 amide bonds. The lowest BCUT2D eigenvalue weighted by Crippen LogP contribution is -2.09. The number of rotatable bonds is 16. The van der Waals surface area contributed by atoms with E-state index in [9.17, 15) is 0 Å². The molecule has 5 aromatic carbocycles. The number of nitrogens with zero attached hydrogens (tertiary/aromatic N) is 4. The Morgan fingerprint density at radius 3 is 0.842 bits per heavy atom. The molecule has 1 aliphatic heterocycles. The predicted molar refractivity (Wildman–Crippen MR) is 231 cm³/mol. The lowest BCUT2D eigenvalue weighted by Gasteiger charge is -2.33. The summed E-state index contributed by atoms with van der Waals surface area (Å²) >= 11 is 0. The fourth-order valence-electron chi connectivity index (χ4n) is 5.63. The largest absolute Gasteiger partial charge is 0.460 e. The first-order chi connectivity index (χ1) is 27.4. The maximum atomic E-state index is 7.03. The molecule has 1 heterocycles. The second-order valence-electron chi connectivity index (χ2n) is 13.1. The van der Waals surface area contributed by atoms with Crippen LogP contribution in [-0.4, -0.2) is 19.8 Å². The van der Waals surface area contributed by atoms with Gasteiger partial charge >= 0.3 is 30.6 Å². The molecule has 0 spiro atoms. The van der Waals surface area contributed by atoms with Crippen LogP contribution in [0.3, 0.4) is 0 Å². The third-order valence-electron chi connectivity index (χ3n) is 7.87. The third-order valence-corrected chi connectivity index (χ3v) is 19.1. The molecule has 0 N–H and O–H groups in total. The summed E-state index contributed by atoms with van der Waals surface area (Å²) in [5.41, 5.74) is 4.72. The number of aryl methyl sites for hydroxylation is 5. The van der Waals surface area contributed by atoms with Gasteiger partial charge in [-0.2, -0.15) is 0 Å². The fourth-order valence-corrected chi connectivity index (χ4v) is 17.9. The van der Waals surface area contributed by atoms with Crippen LogP contribution in [0.2, 0.25) is 0 Å². The predicted octanol–water partition coefficient (Wildman–Crippen LogP) is 14.8. The maximum absolute atomic E-state index is 7.03. The molecule has 1 atom stereocenters. The molecular weight excluding hydrogens is 800 g/mol. The highest BCUT2D eigenvalue weighted by Gasteiger charge is 2.47. The molecule has 12 nitrogen and oxygen atoms in total. The first-order valence-electron chi connectivity index (χ1n) is 18.7. The van der Waals surface area contributed by atoms with Gasteiger partial charge in [-0.05, 0) is 144 Å². The van der Waals surface area contributed by atoms with Crippen LogP contribution < -0.4 is 22.6 Å². The second-order valence-corrected chi connectivity index (χ2v) is 21.6. The van der Waals surface area contributed by atoms with Crippen molar-refractivity contribution in [2.75, 3.05) is 19.8 Å². The molecule has 0 saturated heterocycles. The zero-order chi connectivity index (χ0) is 40.5. The molecule has 1 unspecified atom stereocenters. The first-order valence-corrected chi connectivity index (χ1v) is 24.8. The normalized spacial score (nSPS) is 17.9. The van der Waals surface area contributed by atoms with Crippen molar-refractivity contribution in [2.45, 2.75) is 55.4 Å². The average molecular weight is 851 g/mol. The molecule has 5 aromatic rings. The van der Waals surface area contributed by atoms with Gasteiger partial charge in [-0.3, -0.25) is 4.52 Å². The summed E-state index contributed by atoms with van der Waals surface area (Å²) in [6, 6.07) is 37.7. The topological polar surface area (TPSA) is 123 Å². The van der Waals surface area contributed by atoms with E-state index in [0.29, 0.717) is 28.7 Å². The van der Waals surface area contributed by atoms with Crippen molar-refractivity contribution in [3.05, 3.63) is 149 Å². The molecular formula is C41H50N4O8P4. The average Bonchev–Trinajstić information content (AvgIpc) is 3.11. The summed E-state index contributed by atoms with van der Waals surface area (Å²) in [5.74, 6) is 2.17. The standard InChI is InChI=1S/C41H50N4O8P4/c1-9-46-54(47-10-2)42-55(48-11-3,49-37-22-12-17-32(4)27-37)44-57(52-40-25-15-20-35(7)30-40,53-41-26-16-21-36(8)31-41)45-56(43-54,50-38-23-13-18-33(5)28-38)51-39-24-14-19-34(6)29-39/h12-31H,9-11H2,1-8H3. The van der Waals surface area contributed by atoms with Gasteiger partial charge in [0.25, 0.3) is 0 Å². The molecule has 57 heavy (non-hydrogen) atoms. The Morgan fingerprint density at radius 2 is 0.561 bits per heavy atom. The highest BCUT2D eigenvalue weighted by Crippen LogP contribution is 2.79. The summed E-state index contributed by atoms with van der Waals surface area (Å²) < 4.78 is 76.1. The zero-order valence-corrected chi connectivity index (χ0v) is 37.1. The van der Waals surface area contributed by atoms with E-state index < -0.39 is 30.6 Å². The van der Waals surface area contributed by atoms with Crippen LogP contribution in [0.15, 0.2) is 139 Å². The SMILES string of the molecule is CCOP1(OCC)=NP(Oc2cccc(C)c2)(Oc2cccc(C)c2)=NP(Oc2cccc(C)c2)(Oc2cccc(C)c2)=NP(OCC)(Oc2cccc(C)c2)=N1. The summed E-state index contributed by atoms with van der Waals surface area (Å²) in [7, 11) is -16.2. The van der Waals surface area contributed by atoms with Gasteiger partial charge in [0.1, 0.15) is 28.7 Å². The van der Waals surface area contributed by atoms with Gasteiger partial charge in [0.2, 0.25) is 0 Å². The minimum Gasteiger partial charge on any atom is -0.422 e. The summed E-state index contributed by atoms with van der Waals surface area (Å²) in [4.78, 5) is 0. The Kier molecular flexibility index (Phi) is 13.9. The van der Waals surface area contributed by atoms with Crippen LogP contribution in [0.1, 0.15) is 48.6 Å². The molecule has 0 saturated carbocycles. The van der Waals surface area contributed by atoms with Crippen LogP contribution in [-0.2, 0) is 13.6 Å². The fraction of sp³-hybridized carbons (Fsp3) is 0.268. The summed E-state index contributed by atoms with van der Waals surface area (Å²) in [6.45, 7) is 15.8. The van der Waals surface area contributed by atoms with E-state index in [1.807, 2.05) is 177 Å². The first kappa shape index (κ1) is 42.5. The van der Waals surface area contributed by atoms with E-state index in [0.717, 1.165) is 27.8 Å². The van der Waals surface area contributed by atoms with Gasteiger partial charge in [0, 0.05) is 0 Å². The van der Waals surface area contributed by atoms with Gasteiger partial charge < -0.3 is 31.7 Å². The molecule has 0 aromatic heterocycles. The van der Waals surface area contributed by atoms with Crippen LogP contribution >= 0.6 is 30.6 Å². The smallest absolute Gasteiger partial charge is 0.422 e. The molecule has 302 valence electrons. The van der Waals surface area contributed by atoms with Crippen LogP contribution in [0.25, 0.3) is 0 Å². The van der Waals surface area contributed by atoms with Crippen LogP contribution in [0.4, 0.5) is 0 Å². The number of hydrogen-bond donors (Lipinski definition) is 0. The Bertz CT molecular complexity index is 2330. The highest BCUT2D eigenvalue weighted by molar-refractivity contribution is 7.79. The molecule has 0 fully saturated rings. The molecule has 16 heteroatoms. The van der Waals surface area contributed by atoms with Gasteiger partial charge in [-0.15, -0.1) is 13.5 Å². The highest BCUT2D eigenvalue weighted by atomic mass is 31.3. The van der Waals surface area contributed by atoms with Crippen molar-refractivity contribution in [3.63, 3.8) is 0 Å². The Hall–Kier alpha value is -4.10. The van der Waals surface area contributed by atoms with Crippen molar-refractivity contribution in [1.82, 2.24) is 0 Å². The number of hydrogen-bond acceptors (Lipinski definition) is 12. The monoisotopic (exact) mass is 850 g/mol. The van der Waals surface area contributed by atoms with E-state index in [4.69, 9.17) is 54.3 Å². The van der Waals surface area contributed by atoms with Crippen molar-refractivity contribution >= 4 is 30.6 Å². The summed E-state index contributed by atoms with van der Waals surface area (Å²) in [5, 5.41) is 0. The zero-order valence-electron chi connectivity index (χ0n) is 33.5. The summed E-state index contributed by atoms with van der Waals surface area (Å²) in [6.07, 6.45) is 0. The molecule has 0 aliphatic carbocycles. The second kappa shape index (κ2) is 18.7. The molecule has 1 aliphatic rings. The lowest BCUT2D eigenvalue weighted by atomic mass is 10.2. The van der Waals surface area contributed by atoms with Gasteiger partial charge in [-0.25, -0.2) is 0 Å². The third kappa shape index (κ3) is 11.3. The molecule has 0 bridgehead atoms. The Balaban J connectivity index is 1.82. The molecule has 0 radical (unpaired) electrons. The van der Waals surface area contributed by atoms with Gasteiger partial charge in [0.05, 0.1) is 19.8 Å². The minimum atomic E-state index is -4.19. The molecule has 6 rings (SSSR count).